The number of aromatic nitrogens is 3. The molecule has 6 heteroatoms. The number of carbonyl (C=O) groups is 1. The molecule has 0 aliphatic carbocycles. The summed E-state index contributed by atoms with van der Waals surface area (Å²) in [7, 11) is 0. The molecule has 0 aliphatic heterocycles. The fourth-order valence-electron chi connectivity index (χ4n) is 3.38. The molecular weight excluding hydrogens is 380 g/mol. The van der Waals surface area contributed by atoms with Crippen molar-refractivity contribution in [1.82, 2.24) is 14.8 Å². The molecule has 1 N–H and O–H groups in total. The quantitative estimate of drug-likeness (QED) is 0.495. The smallest absolute Gasteiger partial charge is 0.259 e. The lowest BCUT2D eigenvalue weighted by Crippen LogP contribution is -2.25. The van der Waals surface area contributed by atoms with Crippen molar-refractivity contribution in [2.45, 2.75) is 39.7 Å². The number of hydrogen-bond acceptors (Lipinski definition) is 4. The summed E-state index contributed by atoms with van der Waals surface area (Å²) >= 11 is 1.72. The van der Waals surface area contributed by atoms with E-state index in [1.54, 1.807) is 17.5 Å². The lowest BCUT2D eigenvalue weighted by molar-refractivity contribution is 0.102. The first kappa shape index (κ1) is 19.3. The largest absolute Gasteiger partial charge is 0.322 e. The maximum atomic E-state index is 12.7. The average molecular weight is 405 g/mol. The Hall–Kier alpha value is -2.99. The summed E-state index contributed by atoms with van der Waals surface area (Å²) in [5.41, 5.74) is 4.28. The number of nitrogens with zero attached hydrogens (tertiary/aromatic N) is 3. The van der Waals surface area contributed by atoms with Crippen LogP contribution in [0.2, 0.25) is 0 Å². The van der Waals surface area contributed by atoms with E-state index in [1.165, 1.54) is 10.3 Å². The molecule has 0 bridgehead atoms. The Morgan fingerprint density at radius 2 is 1.83 bits per heavy atom. The maximum absolute atomic E-state index is 12.7. The highest BCUT2D eigenvalue weighted by atomic mass is 32.1. The van der Waals surface area contributed by atoms with Crippen molar-refractivity contribution in [3.63, 3.8) is 0 Å². The molecule has 0 spiro atoms. The second-order valence-electron chi connectivity index (χ2n) is 8.13. The fourth-order valence-corrected chi connectivity index (χ4v) is 4.38. The lowest BCUT2D eigenvalue weighted by atomic mass is 10.1. The van der Waals surface area contributed by atoms with Crippen LogP contribution in [0.4, 0.5) is 5.69 Å². The van der Waals surface area contributed by atoms with Crippen LogP contribution in [0, 0.1) is 6.92 Å². The van der Waals surface area contributed by atoms with Crippen LogP contribution in [-0.4, -0.2) is 20.7 Å². The molecule has 0 aliphatic rings. The molecule has 0 radical (unpaired) electrons. The number of amides is 1. The predicted octanol–water partition coefficient (Wildman–Crippen LogP) is 5.40. The zero-order valence-corrected chi connectivity index (χ0v) is 17.9. The first-order valence-electron chi connectivity index (χ1n) is 9.61. The molecule has 0 unspecified atom stereocenters. The molecule has 5 nitrogen and oxygen atoms in total. The van der Waals surface area contributed by atoms with Gasteiger partial charge in [-0.1, -0.05) is 24.3 Å². The number of carbonyl (C=O) groups excluding carboxylic acids is 1. The fraction of sp³-hybridized carbons (Fsp3) is 0.261. The Labute approximate surface area is 174 Å². The first-order valence-corrected chi connectivity index (χ1v) is 10.4. The van der Waals surface area contributed by atoms with Crippen LogP contribution >= 0.6 is 11.3 Å². The lowest BCUT2D eigenvalue weighted by Gasteiger charge is -2.21. The van der Waals surface area contributed by atoms with Gasteiger partial charge in [0.1, 0.15) is 0 Å². The summed E-state index contributed by atoms with van der Waals surface area (Å²) in [5, 5.41) is 8.44. The molecule has 2 aromatic carbocycles. The molecular formula is C23H24N4OS. The summed E-state index contributed by atoms with van der Waals surface area (Å²) in [6, 6.07) is 16.1. The zero-order chi connectivity index (χ0) is 20.6. The Balaban J connectivity index is 1.45. The Bertz CT molecular complexity index is 1130. The highest BCUT2D eigenvalue weighted by molar-refractivity contribution is 7.18. The maximum Gasteiger partial charge on any atom is 0.259 e. The number of thiazole rings is 1. The summed E-state index contributed by atoms with van der Waals surface area (Å²) in [4.78, 5) is 17.4. The van der Waals surface area contributed by atoms with Gasteiger partial charge in [-0.05, 0) is 57.5 Å². The van der Waals surface area contributed by atoms with E-state index < -0.39 is 0 Å². The van der Waals surface area contributed by atoms with Crippen molar-refractivity contribution >= 4 is 33.1 Å². The monoisotopic (exact) mass is 404 g/mol. The van der Waals surface area contributed by atoms with Crippen molar-refractivity contribution in [3.8, 4) is 0 Å². The minimum atomic E-state index is -0.162. The van der Waals surface area contributed by atoms with E-state index in [2.05, 4.69) is 42.2 Å². The Morgan fingerprint density at radius 3 is 2.48 bits per heavy atom. The van der Waals surface area contributed by atoms with Gasteiger partial charge in [0.25, 0.3) is 5.91 Å². The summed E-state index contributed by atoms with van der Waals surface area (Å²) in [5.74, 6) is -0.142. The van der Waals surface area contributed by atoms with Gasteiger partial charge in [-0.2, -0.15) is 5.10 Å². The zero-order valence-electron chi connectivity index (χ0n) is 17.1. The third kappa shape index (κ3) is 4.07. The molecule has 0 saturated carbocycles. The van der Waals surface area contributed by atoms with Gasteiger partial charge >= 0.3 is 0 Å². The van der Waals surface area contributed by atoms with Crippen molar-refractivity contribution in [2.24, 2.45) is 0 Å². The van der Waals surface area contributed by atoms with Gasteiger partial charge in [-0.3, -0.25) is 9.48 Å². The normalized spacial score (nSPS) is 11.7. The van der Waals surface area contributed by atoms with Gasteiger partial charge in [0.15, 0.2) is 0 Å². The second kappa shape index (κ2) is 7.44. The van der Waals surface area contributed by atoms with E-state index in [-0.39, 0.29) is 11.4 Å². The first-order chi connectivity index (χ1) is 13.8. The van der Waals surface area contributed by atoms with E-state index in [9.17, 15) is 4.79 Å². The molecule has 4 aromatic rings. The van der Waals surface area contributed by atoms with Gasteiger partial charge in [0, 0.05) is 17.8 Å². The molecule has 0 fully saturated rings. The van der Waals surface area contributed by atoms with Crippen molar-refractivity contribution in [3.05, 3.63) is 76.6 Å². The third-order valence-corrected chi connectivity index (χ3v) is 5.83. The highest BCUT2D eigenvalue weighted by Gasteiger charge is 2.21. The van der Waals surface area contributed by atoms with Gasteiger partial charge < -0.3 is 5.32 Å². The number of rotatable bonds is 4. The number of benzene rings is 2. The SMILES string of the molecule is Cc1c(C(=O)Nc2ccc(Cc3nc4ccccc4s3)cc2)cnn1C(C)(C)C. The van der Waals surface area contributed by atoms with Crippen molar-refractivity contribution in [2.75, 3.05) is 5.32 Å². The number of nitrogens with one attached hydrogen (secondary N) is 1. The number of anilines is 1. The topological polar surface area (TPSA) is 59.8 Å². The molecule has 0 atom stereocenters. The van der Waals surface area contributed by atoms with Gasteiger partial charge in [-0.15, -0.1) is 11.3 Å². The Morgan fingerprint density at radius 1 is 1.10 bits per heavy atom. The van der Waals surface area contributed by atoms with Crippen molar-refractivity contribution < 1.29 is 4.79 Å². The summed E-state index contributed by atoms with van der Waals surface area (Å²) < 4.78 is 3.08. The summed E-state index contributed by atoms with van der Waals surface area (Å²) in [6.45, 7) is 8.13. The van der Waals surface area contributed by atoms with Gasteiger partial charge in [-0.25, -0.2) is 4.98 Å². The van der Waals surface area contributed by atoms with Crippen LogP contribution in [0.15, 0.2) is 54.7 Å². The van der Waals surface area contributed by atoms with Crippen LogP contribution in [0.5, 0.6) is 0 Å². The van der Waals surface area contributed by atoms with E-state index in [0.717, 1.165) is 28.3 Å². The Kier molecular flexibility index (Phi) is 4.96. The molecule has 1 amide bonds. The average Bonchev–Trinajstić information content (AvgIpc) is 3.25. The molecule has 2 heterocycles. The number of hydrogen-bond donors (Lipinski definition) is 1. The second-order valence-corrected chi connectivity index (χ2v) is 9.24. The van der Waals surface area contributed by atoms with E-state index in [1.807, 2.05) is 54.1 Å². The third-order valence-electron chi connectivity index (χ3n) is 4.80. The van der Waals surface area contributed by atoms with Crippen LogP contribution in [0.25, 0.3) is 10.2 Å². The van der Waals surface area contributed by atoms with E-state index >= 15 is 0 Å². The van der Waals surface area contributed by atoms with Gasteiger partial charge in [0.2, 0.25) is 0 Å². The van der Waals surface area contributed by atoms with Gasteiger partial charge in [0.05, 0.1) is 32.5 Å². The molecule has 4 rings (SSSR count). The van der Waals surface area contributed by atoms with E-state index in [4.69, 9.17) is 0 Å². The standard InChI is InChI=1S/C23H24N4OS/c1-15-18(14-24-27(15)23(2,3)4)22(28)25-17-11-9-16(10-12-17)13-21-26-19-7-5-6-8-20(19)29-21/h5-12,14H,13H2,1-4H3,(H,25,28). The van der Waals surface area contributed by atoms with Crippen molar-refractivity contribution in [1.29, 1.82) is 0 Å². The van der Waals surface area contributed by atoms with E-state index in [0.29, 0.717) is 5.56 Å². The number of para-hydroxylation sites is 1. The molecule has 148 valence electrons. The number of fused-ring (bicyclic) bond motifs is 1. The predicted molar refractivity (Wildman–Crippen MR) is 119 cm³/mol. The highest BCUT2D eigenvalue weighted by Crippen LogP contribution is 2.24. The van der Waals surface area contributed by atoms with Crippen LogP contribution in [-0.2, 0) is 12.0 Å². The van der Waals surface area contributed by atoms with Crippen LogP contribution < -0.4 is 5.32 Å². The summed E-state index contributed by atoms with van der Waals surface area (Å²) in [6.07, 6.45) is 2.42. The minimum absolute atomic E-state index is 0.142. The van der Waals surface area contributed by atoms with Crippen LogP contribution in [0.3, 0.4) is 0 Å². The molecule has 29 heavy (non-hydrogen) atoms. The van der Waals surface area contributed by atoms with Crippen LogP contribution in [0.1, 0.15) is 47.4 Å². The molecule has 0 saturated heterocycles. The molecule has 2 aromatic heterocycles. The minimum Gasteiger partial charge on any atom is -0.322 e.